The first-order valence-corrected chi connectivity index (χ1v) is 22.9. The van der Waals surface area contributed by atoms with Crippen LogP contribution >= 0.6 is 7.82 Å². The summed E-state index contributed by atoms with van der Waals surface area (Å²) >= 11 is 0. The van der Waals surface area contributed by atoms with E-state index in [1.54, 1.807) is 0 Å². The first kappa shape index (κ1) is 51.0. The zero-order valence-corrected chi connectivity index (χ0v) is 35.6. The molecule has 0 rings (SSSR count). The lowest BCUT2D eigenvalue weighted by Gasteiger charge is -2.28. The highest BCUT2D eigenvalue weighted by Gasteiger charge is 2.17. The van der Waals surface area contributed by atoms with E-state index in [4.69, 9.17) is 18.5 Å². The van der Waals surface area contributed by atoms with Crippen LogP contribution < -0.4 is 4.89 Å². The van der Waals surface area contributed by atoms with Crippen molar-refractivity contribution in [2.75, 3.05) is 60.7 Å². The molecule has 0 N–H and O–H groups in total. The molecule has 0 amide bonds. The van der Waals surface area contributed by atoms with Crippen LogP contribution in [0.5, 0.6) is 0 Å². The zero-order valence-electron chi connectivity index (χ0n) is 34.8. The van der Waals surface area contributed by atoms with Crippen molar-refractivity contribution in [1.29, 1.82) is 0 Å². The van der Waals surface area contributed by atoms with Crippen molar-refractivity contribution < 1.29 is 32.5 Å². The van der Waals surface area contributed by atoms with Gasteiger partial charge in [0.1, 0.15) is 19.3 Å². The van der Waals surface area contributed by atoms with Gasteiger partial charge in [0.05, 0.1) is 47.6 Å². The maximum Gasteiger partial charge on any atom is 0.268 e. The van der Waals surface area contributed by atoms with Gasteiger partial charge >= 0.3 is 0 Å². The Kier molecular flexibility index (Phi) is 37.5. The summed E-state index contributed by atoms with van der Waals surface area (Å²) < 4.78 is 34.9. The second kappa shape index (κ2) is 38.2. The number of allylic oxidation sites excluding steroid dienone is 6. The number of quaternary nitrogens is 1. The predicted octanol–water partition coefficient (Wildman–Crippen LogP) is 12.2. The van der Waals surface area contributed by atoms with Gasteiger partial charge in [-0.05, 0) is 25.7 Å². The van der Waals surface area contributed by atoms with Gasteiger partial charge in [0.2, 0.25) is 0 Å². The molecule has 8 heteroatoms. The Hall–Kier alpha value is -1.05. The van der Waals surface area contributed by atoms with E-state index in [0.29, 0.717) is 24.2 Å². The molecule has 0 bridgehead atoms. The molecule has 0 saturated heterocycles. The second-order valence-corrected chi connectivity index (χ2v) is 16.9. The quantitative estimate of drug-likeness (QED) is 0.0268. The van der Waals surface area contributed by atoms with Gasteiger partial charge in [-0.25, -0.2) is 0 Å². The van der Waals surface area contributed by atoms with Crippen LogP contribution in [0.1, 0.15) is 168 Å². The van der Waals surface area contributed by atoms with E-state index in [2.05, 4.69) is 38.2 Å². The van der Waals surface area contributed by atoms with E-state index < -0.39 is 13.9 Å². The minimum atomic E-state index is -4.44. The van der Waals surface area contributed by atoms with Crippen molar-refractivity contribution in [1.82, 2.24) is 0 Å². The average molecular weight is 754 g/mol. The van der Waals surface area contributed by atoms with Crippen molar-refractivity contribution in [2.45, 2.75) is 174 Å². The van der Waals surface area contributed by atoms with Crippen molar-refractivity contribution in [3.8, 4) is 0 Å². The third kappa shape index (κ3) is 41.7. The van der Waals surface area contributed by atoms with Crippen molar-refractivity contribution in [2.24, 2.45) is 0 Å². The largest absolute Gasteiger partial charge is 0.756 e. The van der Waals surface area contributed by atoms with Gasteiger partial charge < -0.3 is 27.9 Å². The lowest BCUT2D eigenvalue weighted by Crippen LogP contribution is -2.37. The predicted molar refractivity (Wildman–Crippen MR) is 222 cm³/mol. The highest BCUT2D eigenvalue weighted by atomic mass is 31.2. The van der Waals surface area contributed by atoms with E-state index in [1.165, 1.54) is 141 Å². The Labute approximate surface area is 322 Å². The Bertz CT molecular complexity index is 913. The molecular weight excluding hydrogens is 669 g/mol. The van der Waals surface area contributed by atoms with Crippen LogP contribution in [-0.4, -0.2) is 71.3 Å². The molecule has 0 aromatic carbocycles. The van der Waals surface area contributed by atoms with Crippen molar-refractivity contribution >= 4 is 7.82 Å². The minimum Gasteiger partial charge on any atom is -0.756 e. The van der Waals surface area contributed by atoms with Crippen molar-refractivity contribution in [3.05, 3.63) is 48.6 Å². The first-order valence-electron chi connectivity index (χ1n) is 21.4. The summed E-state index contributed by atoms with van der Waals surface area (Å²) in [5, 5.41) is 0. The monoisotopic (exact) mass is 754 g/mol. The fourth-order valence-corrected chi connectivity index (χ4v) is 6.44. The van der Waals surface area contributed by atoms with Crippen LogP contribution in [0.15, 0.2) is 48.6 Å². The SMILES string of the molecule is CCCCCCCCCCCCC/C=C/C=C/COC[C@H](COP(=O)([O-])OCC[N+](C)(C)C)OC/C=C/C=C/CCCCCCCCCCCCC. The molecule has 52 heavy (non-hydrogen) atoms. The van der Waals surface area contributed by atoms with Crippen molar-refractivity contribution in [3.63, 3.8) is 0 Å². The summed E-state index contributed by atoms with van der Waals surface area (Å²) in [6.45, 7) is 5.97. The standard InChI is InChI=1S/C44H84NO6P/c1-6-8-10-12-14-16-18-20-22-24-26-28-30-32-34-36-39-48-42-44(43-51-52(46,47)50-41-38-45(3,4)5)49-40-37-35-33-31-29-27-25-23-21-19-17-15-13-11-9-7-2/h30-37,44H,6-29,38-43H2,1-5H3/b32-30+,33-31+,36-34+,37-35+/t44-/m1/s1. The number of unbranched alkanes of at least 4 members (excludes halogenated alkanes) is 22. The summed E-state index contributed by atoms with van der Waals surface area (Å²) in [6, 6.07) is 0. The van der Waals surface area contributed by atoms with Gasteiger partial charge in [-0.15, -0.1) is 0 Å². The van der Waals surface area contributed by atoms with Crippen LogP contribution in [0.4, 0.5) is 0 Å². The Morgan fingerprint density at radius 2 is 0.942 bits per heavy atom. The molecule has 0 aromatic rings. The van der Waals surface area contributed by atoms with Gasteiger partial charge in [0.15, 0.2) is 0 Å². The number of nitrogens with zero attached hydrogens (tertiary/aromatic N) is 1. The number of phosphoric ester groups is 1. The van der Waals surface area contributed by atoms with Crippen LogP contribution in [-0.2, 0) is 23.1 Å². The number of hydrogen-bond acceptors (Lipinski definition) is 6. The van der Waals surface area contributed by atoms with E-state index in [0.717, 1.165) is 12.8 Å². The summed E-state index contributed by atoms with van der Waals surface area (Å²) in [4.78, 5) is 12.3. The molecule has 0 spiro atoms. The average Bonchev–Trinajstić information content (AvgIpc) is 3.10. The third-order valence-corrected chi connectivity index (χ3v) is 10.1. The first-order chi connectivity index (χ1) is 25.2. The number of rotatable bonds is 40. The molecule has 7 nitrogen and oxygen atoms in total. The second-order valence-electron chi connectivity index (χ2n) is 15.4. The van der Waals surface area contributed by atoms with Gasteiger partial charge in [-0.1, -0.05) is 191 Å². The molecule has 0 aliphatic rings. The summed E-state index contributed by atoms with van der Waals surface area (Å²) in [5.41, 5.74) is 0. The van der Waals surface area contributed by atoms with Gasteiger partial charge in [0, 0.05) is 0 Å². The van der Waals surface area contributed by atoms with Crippen LogP contribution in [0.25, 0.3) is 0 Å². The molecule has 306 valence electrons. The maximum atomic E-state index is 12.3. The highest BCUT2D eigenvalue weighted by Crippen LogP contribution is 2.38. The van der Waals surface area contributed by atoms with Gasteiger partial charge in [-0.3, -0.25) is 4.57 Å². The molecule has 0 aromatic heterocycles. The third-order valence-electron chi connectivity index (χ3n) is 9.09. The van der Waals surface area contributed by atoms with E-state index in [1.807, 2.05) is 45.4 Å². The lowest BCUT2D eigenvalue weighted by atomic mass is 10.1. The van der Waals surface area contributed by atoms with E-state index in [-0.39, 0.29) is 19.8 Å². The molecule has 0 aliphatic carbocycles. The summed E-state index contributed by atoms with van der Waals surface area (Å²) in [7, 11) is 1.50. The molecule has 0 aliphatic heterocycles. The van der Waals surface area contributed by atoms with Crippen LogP contribution in [0, 0.1) is 0 Å². The summed E-state index contributed by atoms with van der Waals surface area (Å²) in [5.74, 6) is 0. The topological polar surface area (TPSA) is 77.1 Å². The molecule has 2 atom stereocenters. The molecule has 1 unspecified atom stereocenters. The molecule has 0 fully saturated rings. The number of likely N-dealkylation sites (N-methyl/N-ethyl adjacent to an activating group) is 1. The Morgan fingerprint density at radius 3 is 1.38 bits per heavy atom. The zero-order chi connectivity index (χ0) is 38.3. The van der Waals surface area contributed by atoms with Crippen LogP contribution in [0.3, 0.4) is 0 Å². The summed E-state index contributed by atoms with van der Waals surface area (Å²) in [6.07, 6.45) is 48.0. The van der Waals surface area contributed by atoms with E-state index in [9.17, 15) is 9.46 Å². The molecule has 0 heterocycles. The molecular formula is C44H84NO6P. The fourth-order valence-electron chi connectivity index (χ4n) is 5.71. The normalized spacial score (nSPS) is 14.5. The Balaban J connectivity index is 4.31. The Morgan fingerprint density at radius 1 is 0.538 bits per heavy atom. The number of hydrogen-bond donors (Lipinski definition) is 0. The molecule has 0 saturated carbocycles. The lowest BCUT2D eigenvalue weighted by molar-refractivity contribution is -0.870. The maximum absolute atomic E-state index is 12.3. The van der Waals surface area contributed by atoms with E-state index >= 15 is 0 Å². The van der Waals surface area contributed by atoms with Gasteiger partial charge in [-0.2, -0.15) is 0 Å². The van der Waals surface area contributed by atoms with Crippen LogP contribution in [0.2, 0.25) is 0 Å². The fraction of sp³-hybridized carbons (Fsp3) is 0.818. The number of ether oxygens (including phenoxy) is 2. The highest BCUT2D eigenvalue weighted by molar-refractivity contribution is 7.45. The minimum absolute atomic E-state index is 0.0676. The smallest absolute Gasteiger partial charge is 0.268 e. The number of phosphoric acid groups is 1. The molecule has 0 radical (unpaired) electrons. The van der Waals surface area contributed by atoms with Gasteiger partial charge in [0.25, 0.3) is 7.82 Å².